The molecule has 0 unspecified atom stereocenters. The Kier molecular flexibility index (Phi) is 3.61. The minimum atomic E-state index is -0.422. The normalized spacial score (nSPS) is 9.57. The third-order valence-electron chi connectivity index (χ3n) is 1.47. The van der Waals surface area contributed by atoms with Crippen molar-refractivity contribution in [3.05, 3.63) is 17.0 Å². The summed E-state index contributed by atoms with van der Waals surface area (Å²) in [5.74, 6) is -0.710. The standard InChI is InChI=1S/C8H10N2O3S/c1-13-8(12)5-2-7(14-4-5)10-6(11)3-9/h2,4H,3,9H2,1H3,(H,10,11). The molecule has 0 bridgehead atoms. The molecule has 14 heavy (non-hydrogen) atoms. The quantitative estimate of drug-likeness (QED) is 0.715. The van der Waals surface area contributed by atoms with Crippen LogP contribution in [-0.2, 0) is 9.53 Å². The molecule has 0 saturated carbocycles. The number of thiophene rings is 1. The summed E-state index contributed by atoms with van der Waals surface area (Å²) >= 11 is 1.25. The van der Waals surface area contributed by atoms with Crippen LogP contribution in [0.25, 0.3) is 0 Å². The van der Waals surface area contributed by atoms with Crippen molar-refractivity contribution in [2.24, 2.45) is 5.73 Å². The van der Waals surface area contributed by atoms with Crippen molar-refractivity contribution < 1.29 is 14.3 Å². The Labute approximate surface area is 84.9 Å². The maximum Gasteiger partial charge on any atom is 0.338 e. The molecule has 1 rings (SSSR count). The van der Waals surface area contributed by atoms with Gasteiger partial charge in [0.15, 0.2) is 0 Å². The van der Waals surface area contributed by atoms with E-state index in [1.807, 2.05) is 0 Å². The van der Waals surface area contributed by atoms with Crippen molar-refractivity contribution in [2.75, 3.05) is 19.0 Å². The highest BCUT2D eigenvalue weighted by Crippen LogP contribution is 2.20. The lowest BCUT2D eigenvalue weighted by atomic mass is 10.3. The van der Waals surface area contributed by atoms with Crippen LogP contribution >= 0.6 is 11.3 Å². The Hall–Kier alpha value is -1.40. The highest BCUT2D eigenvalue weighted by atomic mass is 32.1. The van der Waals surface area contributed by atoms with E-state index in [4.69, 9.17) is 5.73 Å². The molecule has 6 heteroatoms. The van der Waals surface area contributed by atoms with Crippen LogP contribution in [0.2, 0.25) is 0 Å². The highest BCUT2D eigenvalue weighted by molar-refractivity contribution is 7.14. The molecular formula is C8H10N2O3S. The lowest BCUT2D eigenvalue weighted by Crippen LogP contribution is -2.21. The number of ether oxygens (including phenoxy) is 1. The van der Waals surface area contributed by atoms with E-state index in [0.717, 1.165) is 0 Å². The lowest BCUT2D eigenvalue weighted by molar-refractivity contribution is -0.114. The summed E-state index contributed by atoms with van der Waals surface area (Å²) < 4.78 is 4.51. The largest absolute Gasteiger partial charge is 0.465 e. The van der Waals surface area contributed by atoms with Crippen LogP contribution in [0.1, 0.15) is 10.4 Å². The number of carbonyl (C=O) groups excluding carboxylic acids is 2. The Morgan fingerprint density at radius 2 is 2.36 bits per heavy atom. The third-order valence-corrected chi connectivity index (χ3v) is 2.31. The maximum atomic E-state index is 11.0. The fraction of sp³-hybridized carbons (Fsp3) is 0.250. The SMILES string of the molecule is COC(=O)c1csc(NC(=O)CN)c1. The summed E-state index contributed by atoms with van der Waals surface area (Å²) in [6, 6.07) is 1.55. The van der Waals surface area contributed by atoms with Crippen molar-refractivity contribution in [2.45, 2.75) is 0 Å². The number of amides is 1. The van der Waals surface area contributed by atoms with Gasteiger partial charge in [0, 0.05) is 5.38 Å². The Balaban J connectivity index is 2.68. The van der Waals surface area contributed by atoms with E-state index in [1.165, 1.54) is 18.4 Å². The molecule has 76 valence electrons. The molecule has 0 radical (unpaired) electrons. The first kappa shape index (κ1) is 10.7. The summed E-state index contributed by atoms with van der Waals surface area (Å²) in [6.45, 7) is -0.0779. The Morgan fingerprint density at radius 3 is 2.93 bits per heavy atom. The number of nitrogens with one attached hydrogen (secondary N) is 1. The second-order valence-corrected chi connectivity index (χ2v) is 3.35. The third kappa shape index (κ3) is 2.54. The molecule has 3 N–H and O–H groups in total. The van der Waals surface area contributed by atoms with Gasteiger partial charge >= 0.3 is 5.97 Å². The summed E-state index contributed by atoms with van der Waals surface area (Å²) in [5, 5.41) is 4.73. The van der Waals surface area contributed by atoms with Crippen molar-refractivity contribution in [3.8, 4) is 0 Å². The van der Waals surface area contributed by atoms with Crippen LogP contribution in [0, 0.1) is 0 Å². The zero-order valence-electron chi connectivity index (χ0n) is 7.57. The van der Waals surface area contributed by atoms with Gasteiger partial charge in [-0.15, -0.1) is 11.3 Å². The molecular weight excluding hydrogens is 204 g/mol. The molecule has 0 aromatic carbocycles. The summed E-state index contributed by atoms with van der Waals surface area (Å²) in [7, 11) is 1.30. The molecule has 0 aliphatic rings. The monoisotopic (exact) mass is 214 g/mol. The van der Waals surface area contributed by atoms with Crippen molar-refractivity contribution >= 4 is 28.2 Å². The van der Waals surface area contributed by atoms with Crippen LogP contribution < -0.4 is 11.1 Å². The fourth-order valence-electron chi connectivity index (χ4n) is 0.815. The van der Waals surface area contributed by atoms with E-state index in [0.29, 0.717) is 10.6 Å². The van der Waals surface area contributed by atoms with Crippen molar-refractivity contribution in [3.63, 3.8) is 0 Å². The first-order valence-electron chi connectivity index (χ1n) is 3.84. The zero-order valence-corrected chi connectivity index (χ0v) is 8.39. The van der Waals surface area contributed by atoms with E-state index in [9.17, 15) is 9.59 Å². The smallest absolute Gasteiger partial charge is 0.338 e. The lowest BCUT2D eigenvalue weighted by Gasteiger charge is -1.97. The number of methoxy groups -OCH3 is 1. The van der Waals surface area contributed by atoms with E-state index in [1.54, 1.807) is 11.4 Å². The van der Waals surface area contributed by atoms with E-state index in [-0.39, 0.29) is 12.5 Å². The minimum absolute atomic E-state index is 0.0779. The molecule has 1 aromatic heterocycles. The van der Waals surface area contributed by atoms with Gasteiger partial charge in [0.25, 0.3) is 0 Å². The highest BCUT2D eigenvalue weighted by Gasteiger charge is 2.09. The molecule has 0 atom stereocenters. The average molecular weight is 214 g/mol. The predicted molar refractivity (Wildman–Crippen MR) is 53.3 cm³/mol. The van der Waals surface area contributed by atoms with Crippen LogP contribution in [0.3, 0.4) is 0 Å². The van der Waals surface area contributed by atoms with Crippen LogP contribution in [0.15, 0.2) is 11.4 Å². The first-order chi connectivity index (χ1) is 6.67. The molecule has 0 aliphatic heterocycles. The van der Waals surface area contributed by atoms with Gasteiger partial charge in [0.05, 0.1) is 24.2 Å². The van der Waals surface area contributed by atoms with Crippen LogP contribution in [0.5, 0.6) is 0 Å². The second-order valence-electron chi connectivity index (χ2n) is 2.44. The van der Waals surface area contributed by atoms with Gasteiger partial charge in [-0.05, 0) is 6.07 Å². The van der Waals surface area contributed by atoms with Gasteiger partial charge in [-0.25, -0.2) is 4.79 Å². The minimum Gasteiger partial charge on any atom is -0.465 e. The summed E-state index contributed by atoms with van der Waals surface area (Å²) in [5.41, 5.74) is 5.53. The van der Waals surface area contributed by atoms with E-state index >= 15 is 0 Å². The Bertz CT molecular complexity index is 348. The van der Waals surface area contributed by atoms with Crippen LogP contribution in [0.4, 0.5) is 5.00 Å². The number of hydrogen-bond acceptors (Lipinski definition) is 5. The number of nitrogens with two attached hydrogens (primary N) is 1. The average Bonchev–Trinajstić information content (AvgIpc) is 2.65. The molecule has 1 aromatic rings. The second kappa shape index (κ2) is 4.73. The molecule has 0 saturated heterocycles. The molecule has 0 fully saturated rings. The first-order valence-corrected chi connectivity index (χ1v) is 4.72. The van der Waals surface area contributed by atoms with Crippen molar-refractivity contribution in [1.82, 2.24) is 0 Å². The van der Waals surface area contributed by atoms with Gasteiger partial charge in [-0.1, -0.05) is 0 Å². The molecule has 0 spiro atoms. The summed E-state index contributed by atoms with van der Waals surface area (Å²) in [6.07, 6.45) is 0. The zero-order chi connectivity index (χ0) is 10.6. The topological polar surface area (TPSA) is 81.4 Å². The van der Waals surface area contributed by atoms with Gasteiger partial charge in [-0.3, -0.25) is 4.79 Å². The number of carbonyl (C=O) groups is 2. The van der Waals surface area contributed by atoms with Crippen molar-refractivity contribution in [1.29, 1.82) is 0 Å². The number of rotatable bonds is 3. The van der Waals surface area contributed by atoms with E-state index in [2.05, 4.69) is 10.1 Å². The number of anilines is 1. The van der Waals surface area contributed by atoms with Gasteiger partial charge in [0.1, 0.15) is 0 Å². The van der Waals surface area contributed by atoms with Gasteiger partial charge < -0.3 is 15.8 Å². The van der Waals surface area contributed by atoms with Crippen LogP contribution in [-0.4, -0.2) is 25.5 Å². The molecule has 5 nitrogen and oxygen atoms in total. The van der Waals surface area contributed by atoms with E-state index < -0.39 is 5.97 Å². The van der Waals surface area contributed by atoms with Gasteiger partial charge in [0.2, 0.25) is 5.91 Å². The molecule has 0 aliphatic carbocycles. The molecule has 1 heterocycles. The maximum absolute atomic E-state index is 11.0. The number of hydrogen-bond donors (Lipinski definition) is 2. The van der Waals surface area contributed by atoms with Gasteiger partial charge in [-0.2, -0.15) is 0 Å². The Morgan fingerprint density at radius 1 is 1.64 bits per heavy atom. The fourth-order valence-corrected chi connectivity index (χ4v) is 1.60. The predicted octanol–water partition coefficient (Wildman–Crippen LogP) is 0.432. The number of esters is 1. The molecule has 1 amide bonds. The summed E-state index contributed by atoms with van der Waals surface area (Å²) in [4.78, 5) is 21.9.